The van der Waals surface area contributed by atoms with Crippen LogP contribution in [-0.2, 0) is 4.74 Å². The second kappa shape index (κ2) is 6.50. The fourth-order valence-electron chi connectivity index (χ4n) is 3.28. The Morgan fingerprint density at radius 3 is 2.68 bits per heavy atom. The molecule has 0 saturated carbocycles. The third-order valence-corrected chi connectivity index (χ3v) is 4.50. The molecule has 2 rings (SSSR count). The van der Waals surface area contributed by atoms with E-state index in [0.717, 1.165) is 45.8 Å². The predicted molar refractivity (Wildman–Crippen MR) is 76.1 cm³/mol. The SMILES string of the molecule is CC(CC(C)(N)CO)N1CCC(N2CCOCC2)C1. The summed E-state index contributed by atoms with van der Waals surface area (Å²) >= 11 is 0. The first kappa shape index (κ1) is 15.2. The van der Waals surface area contributed by atoms with Gasteiger partial charge in [-0.15, -0.1) is 0 Å². The number of likely N-dealkylation sites (tertiary alicyclic amines) is 1. The van der Waals surface area contributed by atoms with Gasteiger partial charge in [0.05, 0.1) is 19.8 Å². The van der Waals surface area contributed by atoms with Gasteiger partial charge in [-0.2, -0.15) is 0 Å². The van der Waals surface area contributed by atoms with Crippen molar-refractivity contribution >= 4 is 0 Å². The molecule has 3 N–H and O–H groups in total. The van der Waals surface area contributed by atoms with Gasteiger partial charge in [-0.05, 0) is 26.7 Å². The number of ether oxygens (including phenoxy) is 1. The summed E-state index contributed by atoms with van der Waals surface area (Å²) in [5.74, 6) is 0. The lowest BCUT2D eigenvalue weighted by Crippen LogP contribution is -2.48. The lowest BCUT2D eigenvalue weighted by Gasteiger charge is -2.34. The first-order chi connectivity index (χ1) is 9.02. The minimum absolute atomic E-state index is 0.0536. The Hall–Kier alpha value is -0.200. The molecule has 2 aliphatic rings. The van der Waals surface area contributed by atoms with Gasteiger partial charge >= 0.3 is 0 Å². The molecular weight excluding hydrogens is 242 g/mol. The van der Waals surface area contributed by atoms with Crippen molar-refractivity contribution < 1.29 is 9.84 Å². The van der Waals surface area contributed by atoms with Crippen LogP contribution in [-0.4, -0.2) is 78.5 Å². The lowest BCUT2D eigenvalue weighted by atomic mass is 9.95. The highest BCUT2D eigenvalue weighted by atomic mass is 16.5. The quantitative estimate of drug-likeness (QED) is 0.730. The van der Waals surface area contributed by atoms with Gasteiger partial charge in [0.1, 0.15) is 0 Å². The third-order valence-electron chi connectivity index (χ3n) is 4.50. The minimum atomic E-state index is -0.462. The summed E-state index contributed by atoms with van der Waals surface area (Å²) in [6, 6.07) is 1.11. The van der Waals surface area contributed by atoms with Crippen LogP contribution in [0.2, 0.25) is 0 Å². The van der Waals surface area contributed by atoms with E-state index in [9.17, 15) is 5.11 Å². The van der Waals surface area contributed by atoms with Gasteiger partial charge in [-0.1, -0.05) is 0 Å². The molecule has 3 unspecified atom stereocenters. The minimum Gasteiger partial charge on any atom is -0.394 e. The Morgan fingerprint density at radius 1 is 1.37 bits per heavy atom. The Bertz CT molecular complexity index is 280. The van der Waals surface area contributed by atoms with E-state index >= 15 is 0 Å². The van der Waals surface area contributed by atoms with Gasteiger partial charge in [-0.3, -0.25) is 9.80 Å². The summed E-state index contributed by atoms with van der Waals surface area (Å²) in [7, 11) is 0. The molecule has 2 saturated heterocycles. The first-order valence-electron chi connectivity index (χ1n) is 7.47. The van der Waals surface area contributed by atoms with E-state index in [1.54, 1.807) is 0 Å². The van der Waals surface area contributed by atoms with E-state index in [4.69, 9.17) is 10.5 Å². The van der Waals surface area contributed by atoms with Crippen molar-refractivity contribution in [2.45, 2.75) is 44.3 Å². The first-order valence-corrected chi connectivity index (χ1v) is 7.47. The molecule has 3 atom stereocenters. The van der Waals surface area contributed by atoms with Gasteiger partial charge in [0.2, 0.25) is 0 Å². The molecular formula is C14H29N3O2. The number of hydrogen-bond acceptors (Lipinski definition) is 5. The Kier molecular flexibility index (Phi) is 5.20. The standard InChI is InChI=1S/C14H29N3O2/c1-12(9-14(2,15)11-18)17-4-3-13(10-17)16-5-7-19-8-6-16/h12-13,18H,3-11,15H2,1-2H3. The van der Waals surface area contributed by atoms with Crippen molar-refractivity contribution in [2.24, 2.45) is 5.73 Å². The van der Waals surface area contributed by atoms with Gasteiger partial charge < -0.3 is 15.6 Å². The summed E-state index contributed by atoms with van der Waals surface area (Å²) in [6.07, 6.45) is 2.09. The average molecular weight is 271 g/mol. The van der Waals surface area contributed by atoms with Gasteiger partial charge in [0, 0.05) is 43.8 Å². The molecule has 2 aliphatic heterocycles. The number of morpholine rings is 1. The second-order valence-corrected chi connectivity index (χ2v) is 6.45. The Morgan fingerprint density at radius 2 is 2.05 bits per heavy atom. The molecule has 0 bridgehead atoms. The van der Waals surface area contributed by atoms with Gasteiger partial charge in [0.25, 0.3) is 0 Å². The van der Waals surface area contributed by atoms with Crippen molar-refractivity contribution in [2.75, 3.05) is 46.0 Å². The topological polar surface area (TPSA) is 62.0 Å². The van der Waals surface area contributed by atoms with Crippen molar-refractivity contribution in [3.8, 4) is 0 Å². The second-order valence-electron chi connectivity index (χ2n) is 6.45. The summed E-state index contributed by atoms with van der Waals surface area (Å²) < 4.78 is 5.41. The van der Waals surface area contributed by atoms with Crippen LogP contribution in [0.3, 0.4) is 0 Å². The summed E-state index contributed by atoms with van der Waals surface area (Å²) in [6.45, 7) is 10.4. The molecule has 19 heavy (non-hydrogen) atoms. The number of aliphatic hydroxyl groups excluding tert-OH is 1. The Labute approximate surface area is 116 Å². The van der Waals surface area contributed by atoms with E-state index in [0.29, 0.717) is 12.1 Å². The number of aliphatic hydroxyl groups is 1. The van der Waals surface area contributed by atoms with E-state index in [2.05, 4.69) is 16.7 Å². The van der Waals surface area contributed by atoms with Crippen LogP contribution in [0.25, 0.3) is 0 Å². The maximum absolute atomic E-state index is 9.28. The van der Waals surface area contributed by atoms with Crippen LogP contribution >= 0.6 is 0 Å². The maximum atomic E-state index is 9.28. The van der Waals surface area contributed by atoms with Gasteiger partial charge in [0.15, 0.2) is 0 Å². The summed E-state index contributed by atoms with van der Waals surface area (Å²) in [5, 5.41) is 9.28. The van der Waals surface area contributed by atoms with Crippen LogP contribution < -0.4 is 5.73 Å². The molecule has 5 nitrogen and oxygen atoms in total. The fraction of sp³-hybridized carbons (Fsp3) is 1.00. The number of nitrogens with zero attached hydrogens (tertiary/aromatic N) is 2. The number of rotatable bonds is 5. The number of nitrogens with two attached hydrogens (primary N) is 1. The van der Waals surface area contributed by atoms with Crippen LogP contribution in [0.4, 0.5) is 0 Å². The molecule has 0 radical (unpaired) electrons. The molecule has 2 fully saturated rings. The normalized spacial score (nSPS) is 31.3. The lowest BCUT2D eigenvalue weighted by molar-refractivity contribution is 0.0173. The van der Waals surface area contributed by atoms with E-state index in [1.807, 2.05) is 6.92 Å². The molecule has 2 heterocycles. The average Bonchev–Trinajstić information content (AvgIpc) is 2.89. The maximum Gasteiger partial charge on any atom is 0.0609 e. The molecule has 0 aromatic heterocycles. The smallest absolute Gasteiger partial charge is 0.0609 e. The van der Waals surface area contributed by atoms with Crippen molar-refractivity contribution in [1.82, 2.24) is 9.80 Å². The third kappa shape index (κ3) is 4.13. The summed E-state index contributed by atoms with van der Waals surface area (Å²) in [5.41, 5.74) is 5.60. The molecule has 0 aliphatic carbocycles. The zero-order valence-electron chi connectivity index (χ0n) is 12.3. The molecule has 0 aromatic carbocycles. The van der Waals surface area contributed by atoms with Crippen LogP contribution in [0.15, 0.2) is 0 Å². The predicted octanol–water partition coefficient (Wildman–Crippen LogP) is -0.119. The van der Waals surface area contributed by atoms with E-state index < -0.39 is 5.54 Å². The highest BCUT2D eigenvalue weighted by Crippen LogP contribution is 2.22. The molecule has 5 heteroatoms. The zero-order valence-corrected chi connectivity index (χ0v) is 12.3. The molecule has 112 valence electrons. The van der Waals surface area contributed by atoms with Crippen LogP contribution in [0, 0.1) is 0 Å². The van der Waals surface area contributed by atoms with Gasteiger partial charge in [-0.25, -0.2) is 0 Å². The largest absolute Gasteiger partial charge is 0.394 e. The van der Waals surface area contributed by atoms with E-state index in [1.165, 1.54) is 6.42 Å². The molecule has 0 aromatic rings. The summed E-state index contributed by atoms with van der Waals surface area (Å²) in [4.78, 5) is 5.07. The van der Waals surface area contributed by atoms with Crippen molar-refractivity contribution in [1.29, 1.82) is 0 Å². The highest BCUT2D eigenvalue weighted by Gasteiger charge is 2.32. The van der Waals surface area contributed by atoms with E-state index in [-0.39, 0.29) is 6.61 Å². The fourth-order valence-corrected chi connectivity index (χ4v) is 3.28. The molecule has 0 spiro atoms. The Balaban J connectivity index is 1.80. The molecule has 0 amide bonds. The van der Waals surface area contributed by atoms with Crippen molar-refractivity contribution in [3.63, 3.8) is 0 Å². The van der Waals surface area contributed by atoms with Crippen LogP contribution in [0.1, 0.15) is 26.7 Å². The zero-order chi connectivity index (χ0) is 13.9. The highest BCUT2D eigenvalue weighted by molar-refractivity contribution is 4.90. The van der Waals surface area contributed by atoms with Crippen LogP contribution in [0.5, 0.6) is 0 Å². The monoisotopic (exact) mass is 271 g/mol. The number of hydrogen-bond donors (Lipinski definition) is 2. The van der Waals surface area contributed by atoms with Crippen molar-refractivity contribution in [3.05, 3.63) is 0 Å².